The second-order valence-electron chi connectivity index (χ2n) is 6.89. The minimum Gasteiger partial charge on any atom is -0.451 e. The molecule has 0 bridgehead atoms. The Balaban J connectivity index is 2.10. The molecule has 0 saturated heterocycles. The Morgan fingerprint density at radius 3 is 2.15 bits per heavy atom. The molecule has 0 atom stereocenters. The highest BCUT2D eigenvalue weighted by Crippen LogP contribution is 2.32. The zero-order valence-electron chi connectivity index (χ0n) is 16.2. The van der Waals surface area contributed by atoms with Crippen LogP contribution < -0.4 is 5.32 Å². The van der Waals surface area contributed by atoms with Gasteiger partial charge in [0.15, 0.2) is 6.61 Å². The molecule has 0 saturated carbocycles. The first kappa shape index (κ1) is 20.1. The number of hydrogen-bond acceptors (Lipinski definition) is 5. The summed E-state index contributed by atoms with van der Waals surface area (Å²) in [6, 6.07) is 6.04. The Bertz CT molecular complexity index is 783. The summed E-state index contributed by atoms with van der Waals surface area (Å²) in [4.78, 5) is 29.2. The number of ether oxygens (including phenoxy) is 1. The molecule has 0 fully saturated rings. The maximum absolute atomic E-state index is 12.4. The highest BCUT2D eigenvalue weighted by atomic mass is 32.1. The number of amides is 1. The molecule has 0 aliphatic heterocycles. The topological polar surface area (TPSA) is 68.3 Å². The van der Waals surface area contributed by atoms with Crippen LogP contribution in [0.25, 0.3) is 0 Å². The Labute approximate surface area is 158 Å². The van der Waals surface area contributed by atoms with Gasteiger partial charge in [-0.1, -0.05) is 45.9 Å². The second kappa shape index (κ2) is 8.45. The van der Waals surface area contributed by atoms with Crippen LogP contribution in [0.2, 0.25) is 0 Å². The van der Waals surface area contributed by atoms with Gasteiger partial charge in [0, 0.05) is 5.69 Å². The quantitative estimate of drug-likeness (QED) is 0.737. The third-order valence-electron chi connectivity index (χ3n) is 4.06. The van der Waals surface area contributed by atoms with Crippen molar-refractivity contribution in [1.82, 2.24) is 4.98 Å². The molecule has 1 aromatic carbocycles. The van der Waals surface area contributed by atoms with Crippen LogP contribution in [-0.2, 0) is 9.53 Å². The molecule has 2 rings (SSSR count). The minimum atomic E-state index is -0.510. The van der Waals surface area contributed by atoms with Crippen molar-refractivity contribution in [2.24, 2.45) is 0 Å². The van der Waals surface area contributed by atoms with E-state index in [1.807, 2.05) is 25.1 Å². The highest BCUT2D eigenvalue weighted by molar-refractivity contribution is 7.13. The molecule has 1 heterocycles. The maximum atomic E-state index is 12.4. The highest BCUT2D eigenvalue weighted by Gasteiger charge is 2.19. The lowest BCUT2D eigenvalue weighted by atomic mass is 9.92. The van der Waals surface area contributed by atoms with E-state index in [1.54, 1.807) is 6.92 Å². The third kappa shape index (κ3) is 4.69. The summed E-state index contributed by atoms with van der Waals surface area (Å²) in [6.45, 7) is 11.6. The first-order valence-corrected chi connectivity index (χ1v) is 9.56. The lowest BCUT2D eigenvalue weighted by Crippen LogP contribution is -2.22. The molecule has 0 aliphatic carbocycles. The number of rotatable bonds is 6. The molecule has 1 amide bonds. The minimum absolute atomic E-state index is 0.273. The van der Waals surface area contributed by atoms with Gasteiger partial charge in [-0.05, 0) is 36.8 Å². The largest absolute Gasteiger partial charge is 0.451 e. The Morgan fingerprint density at radius 2 is 1.69 bits per heavy atom. The van der Waals surface area contributed by atoms with Crippen molar-refractivity contribution in [2.75, 3.05) is 11.9 Å². The number of esters is 1. The number of carbonyl (C=O) groups is 2. The third-order valence-corrected chi connectivity index (χ3v) is 5.11. The summed E-state index contributed by atoms with van der Waals surface area (Å²) in [6.07, 6.45) is 0. The van der Waals surface area contributed by atoms with Gasteiger partial charge in [-0.25, -0.2) is 9.78 Å². The number of nitrogens with one attached hydrogen (secondary N) is 1. The second-order valence-corrected chi connectivity index (χ2v) is 8.10. The van der Waals surface area contributed by atoms with Crippen molar-refractivity contribution in [2.45, 2.75) is 53.4 Å². The summed E-state index contributed by atoms with van der Waals surface area (Å²) in [7, 11) is 0. The predicted molar refractivity (Wildman–Crippen MR) is 105 cm³/mol. The molecule has 0 radical (unpaired) electrons. The molecular formula is C20H26N2O3S. The zero-order valence-corrected chi connectivity index (χ0v) is 17.0. The number of anilines is 1. The Hall–Kier alpha value is -2.21. The van der Waals surface area contributed by atoms with Crippen LogP contribution in [0.5, 0.6) is 0 Å². The monoisotopic (exact) mass is 374 g/mol. The van der Waals surface area contributed by atoms with E-state index in [9.17, 15) is 9.59 Å². The molecule has 5 nitrogen and oxygen atoms in total. The molecular weight excluding hydrogens is 348 g/mol. The van der Waals surface area contributed by atoms with Crippen LogP contribution in [0, 0.1) is 13.8 Å². The van der Waals surface area contributed by atoms with Crippen molar-refractivity contribution >= 4 is 28.9 Å². The van der Waals surface area contributed by atoms with Crippen LogP contribution in [0.3, 0.4) is 0 Å². The van der Waals surface area contributed by atoms with Gasteiger partial charge in [0.2, 0.25) is 0 Å². The SMILES string of the molecule is Cc1nc(C)c(C(=O)OCC(=O)Nc2c(C(C)C)cccc2C(C)C)s1. The number of aromatic nitrogens is 1. The first-order valence-electron chi connectivity index (χ1n) is 8.74. The van der Waals surface area contributed by atoms with E-state index in [-0.39, 0.29) is 24.3 Å². The molecule has 1 N–H and O–H groups in total. The van der Waals surface area contributed by atoms with Gasteiger partial charge in [0.25, 0.3) is 5.91 Å². The Morgan fingerprint density at radius 1 is 1.12 bits per heavy atom. The van der Waals surface area contributed by atoms with E-state index in [2.05, 4.69) is 38.0 Å². The summed E-state index contributed by atoms with van der Waals surface area (Å²) in [5.41, 5.74) is 3.60. The van der Waals surface area contributed by atoms with E-state index in [0.29, 0.717) is 10.6 Å². The number of carbonyl (C=O) groups excluding carboxylic acids is 2. The lowest BCUT2D eigenvalue weighted by Gasteiger charge is -2.20. The van der Waals surface area contributed by atoms with Gasteiger partial charge in [-0.3, -0.25) is 4.79 Å². The van der Waals surface area contributed by atoms with Gasteiger partial charge in [0.1, 0.15) is 4.88 Å². The van der Waals surface area contributed by atoms with Crippen molar-refractivity contribution in [3.8, 4) is 0 Å². The van der Waals surface area contributed by atoms with Gasteiger partial charge in [-0.2, -0.15) is 0 Å². The average Bonchev–Trinajstić information content (AvgIpc) is 2.90. The standard InChI is InChI=1S/C20H26N2O3S/c1-11(2)15-8-7-9-16(12(3)4)18(15)22-17(23)10-25-20(24)19-13(5)21-14(6)26-19/h7-9,11-12H,10H2,1-6H3,(H,22,23). The van der Waals surface area contributed by atoms with E-state index in [4.69, 9.17) is 4.74 Å². The number of thiazole rings is 1. The van der Waals surface area contributed by atoms with Crippen molar-refractivity contribution in [1.29, 1.82) is 0 Å². The van der Waals surface area contributed by atoms with Gasteiger partial charge < -0.3 is 10.1 Å². The molecule has 0 aliphatic rings. The molecule has 1 aromatic heterocycles. The van der Waals surface area contributed by atoms with Crippen LogP contribution >= 0.6 is 11.3 Å². The fraction of sp³-hybridized carbons (Fsp3) is 0.450. The molecule has 26 heavy (non-hydrogen) atoms. The Kier molecular flexibility index (Phi) is 6.53. The van der Waals surface area contributed by atoms with Crippen LogP contribution in [0.15, 0.2) is 18.2 Å². The maximum Gasteiger partial charge on any atom is 0.350 e. The van der Waals surface area contributed by atoms with Crippen LogP contribution in [0.1, 0.15) is 71.0 Å². The number of nitrogens with zero attached hydrogens (tertiary/aromatic N) is 1. The number of para-hydroxylation sites is 1. The zero-order chi connectivity index (χ0) is 19.4. The predicted octanol–water partition coefficient (Wildman–Crippen LogP) is 4.80. The van der Waals surface area contributed by atoms with E-state index in [0.717, 1.165) is 21.8 Å². The molecule has 2 aromatic rings. The van der Waals surface area contributed by atoms with Gasteiger partial charge in [0.05, 0.1) is 10.7 Å². The van der Waals surface area contributed by atoms with Gasteiger partial charge >= 0.3 is 5.97 Å². The van der Waals surface area contributed by atoms with Gasteiger partial charge in [-0.15, -0.1) is 11.3 Å². The molecule has 0 spiro atoms. The average molecular weight is 375 g/mol. The molecule has 6 heteroatoms. The number of benzene rings is 1. The molecule has 0 unspecified atom stereocenters. The van der Waals surface area contributed by atoms with Crippen molar-refractivity contribution in [3.63, 3.8) is 0 Å². The van der Waals surface area contributed by atoms with E-state index >= 15 is 0 Å². The lowest BCUT2D eigenvalue weighted by molar-refractivity contribution is -0.119. The first-order chi connectivity index (χ1) is 12.2. The van der Waals surface area contributed by atoms with E-state index < -0.39 is 5.97 Å². The van der Waals surface area contributed by atoms with E-state index in [1.165, 1.54) is 11.3 Å². The summed E-state index contributed by atoms with van der Waals surface area (Å²) >= 11 is 1.27. The summed E-state index contributed by atoms with van der Waals surface area (Å²) < 4.78 is 5.18. The smallest absolute Gasteiger partial charge is 0.350 e. The van der Waals surface area contributed by atoms with Crippen LogP contribution in [0.4, 0.5) is 5.69 Å². The summed E-state index contributed by atoms with van der Waals surface area (Å²) in [5, 5.41) is 3.74. The molecule has 140 valence electrons. The van der Waals surface area contributed by atoms with Crippen molar-refractivity contribution in [3.05, 3.63) is 44.9 Å². The normalized spacial score (nSPS) is 11.1. The fourth-order valence-corrected chi connectivity index (χ4v) is 3.60. The van der Waals surface area contributed by atoms with Crippen molar-refractivity contribution < 1.29 is 14.3 Å². The van der Waals surface area contributed by atoms with Crippen LogP contribution in [-0.4, -0.2) is 23.5 Å². The summed E-state index contributed by atoms with van der Waals surface area (Å²) in [5.74, 6) is -0.305. The number of hydrogen-bond donors (Lipinski definition) is 1. The number of aryl methyl sites for hydroxylation is 2. The fourth-order valence-electron chi connectivity index (χ4n) is 2.79.